The predicted octanol–water partition coefficient (Wildman–Crippen LogP) is 4.46. The van der Waals surface area contributed by atoms with Crippen LogP contribution in [0.15, 0.2) is 77.8 Å². The van der Waals surface area contributed by atoms with E-state index in [4.69, 9.17) is 0 Å². The van der Waals surface area contributed by atoms with Crippen molar-refractivity contribution < 1.29 is 0 Å². The van der Waals surface area contributed by atoms with Crippen LogP contribution in [0.5, 0.6) is 0 Å². The first kappa shape index (κ1) is 11.7. The Morgan fingerprint density at radius 1 is 0.737 bits per heavy atom. The average Bonchev–Trinajstić information content (AvgIpc) is 2.49. The van der Waals surface area contributed by atoms with Gasteiger partial charge in [-0.05, 0) is 16.3 Å². The molecule has 0 aromatic heterocycles. The van der Waals surface area contributed by atoms with Crippen LogP contribution in [0, 0.1) is 0 Å². The topological polar surface area (TPSA) is 12.4 Å². The van der Waals surface area contributed by atoms with E-state index in [2.05, 4.69) is 59.6 Å². The summed E-state index contributed by atoms with van der Waals surface area (Å²) in [7, 11) is 0. The van der Waals surface area contributed by atoms with Crippen LogP contribution < -0.4 is 0 Å². The molecule has 1 nitrogen and oxygen atoms in total. The number of hydrogen-bond donors (Lipinski definition) is 0. The molecule has 0 spiro atoms. The normalized spacial score (nSPS) is 11.2. The van der Waals surface area contributed by atoms with Crippen LogP contribution in [0.4, 0.5) is 0 Å². The lowest BCUT2D eigenvalue weighted by atomic mass is 10.1. The second-order valence-electron chi connectivity index (χ2n) is 4.52. The van der Waals surface area contributed by atoms with E-state index in [-0.39, 0.29) is 0 Å². The Hall–Kier alpha value is -2.41. The summed E-state index contributed by atoms with van der Waals surface area (Å²) < 4.78 is 0. The maximum absolute atomic E-state index is 4.54. The van der Waals surface area contributed by atoms with Crippen LogP contribution in [-0.4, -0.2) is 6.21 Å². The monoisotopic (exact) mass is 245 g/mol. The molecule has 0 aliphatic heterocycles. The van der Waals surface area contributed by atoms with Crippen molar-refractivity contribution in [1.29, 1.82) is 0 Å². The molecule has 0 fully saturated rings. The average molecular weight is 245 g/mol. The summed E-state index contributed by atoms with van der Waals surface area (Å²) in [5.74, 6) is 0. The number of rotatable bonds is 3. The van der Waals surface area contributed by atoms with Crippen molar-refractivity contribution in [3.63, 3.8) is 0 Å². The maximum atomic E-state index is 4.54. The molecule has 0 saturated heterocycles. The fourth-order valence-corrected chi connectivity index (χ4v) is 2.20. The second kappa shape index (κ2) is 5.49. The summed E-state index contributed by atoms with van der Waals surface area (Å²) in [5, 5.41) is 2.51. The van der Waals surface area contributed by atoms with Gasteiger partial charge in [0.25, 0.3) is 0 Å². The molecule has 3 aromatic carbocycles. The second-order valence-corrected chi connectivity index (χ2v) is 4.52. The highest BCUT2D eigenvalue weighted by Crippen LogP contribution is 2.16. The highest BCUT2D eigenvalue weighted by molar-refractivity contribution is 5.99. The van der Waals surface area contributed by atoms with Crippen LogP contribution in [-0.2, 0) is 6.54 Å². The van der Waals surface area contributed by atoms with Crippen molar-refractivity contribution in [3.05, 3.63) is 83.9 Å². The van der Waals surface area contributed by atoms with Gasteiger partial charge < -0.3 is 0 Å². The molecule has 0 bridgehead atoms. The van der Waals surface area contributed by atoms with E-state index >= 15 is 0 Å². The van der Waals surface area contributed by atoms with Crippen LogP contribution in [0.25, 0.3) is 10.8 Å². The van der Waals surface area contributed by atoms with Gasteiger partial charge in [-0.2, -0.15) is 0 Å². The molecule has 92 valence electrons. The molecule has 1 heteroatoms. The molecule has 0 N–H and O–H groups in total. The molecule has 0 radical (unpaired) electrons. The predicted molar refractivity (Wildman–Crippen MR) is 81.7 cm³/mol. The van der Waals surface area contributed by atoms with Crippen molar-refractivity contribution in [1.82, 2.24) is 0 Å². The van der Waals surface area contributed by atoms with E-state index in [0.717, 1.165) is 6.54 Å². The molecule has 0 unspecified atom stereocenters. The molecular weight excluding hydrogens is 230 g/mol. The summed E-state index contributed by atoms with van der Waals surface area (Å²) in [6.45, 7) is 0.726. The summed E-state index contributed by atoms with van der Waals surface area (Å²) in [6, 6.07) is 25.0. The van der Waals surface area contributed by atoms with Crippen LogP contribution in [0.1, 0.15) is 11.1 Å². The summed E-state index contributed by atoms with van der Waals surface area (Å²) >= 11 is 0. The number of nitrogens with zero attached hydrogens (tertiary/aromatic N) is 1. The summed E-state index contributed by atoms with van der Waals surface area (Å²) in [4.78, 5) is 4.54. The third-order valence-electron chi connectivity index (χ3n) is 3.17. The molecule has 3 aromatic rings. The van der Waals surface area contributed by atoms with Gasteiger partial charge in [-0.1, -0.05) is 72.8 Å². The third-order valence-corrected chi connectivity index (χ3v) is 3.17. The number of benzene rings is 3. The minimum absolute atomic E-state index is 0.726. The Balaban J connectivity index is 1.85. The van der Waals surface area contributed by atoms with Crippen LogP contribution in [0.2, 0.25) is 0 Å². The lowest BCUT2D eigenvalue weighted by Crippen LogP contribution is -1.86. The molecule has 0 aliphatic rings. The molecule has 0 heterocycles. The van der Waals surface area contributed by atoms with Crippen molar-refractivity contribution in [2.75, 3.05) is 0 Å². The SMILES string of the molecule is C(=NCc1ccccc1)c1cccc2ccccc12. The molecule has 0 aliphatic carbocycles. The fraction of sp³-hybridized carbons (Fsp3) is 0.0556. The van der Waals surface area contributed by atoms with Gasteiger partial charge in [0.1, 0.15) is 0 Å². The quantitative estimate of drug-likeness (QED) is 0.604. The Bertz CT molecular complexity index is 694. The van der Waals surface area contributed by atoms with Crippen molar-refractivity contribution >= 4 is 17.0 Å². The number of aliphatic imine (C=N–C) groups is 1. The van der Waals surface area contributed by atoms with Gasteiger partial charge in [-0.15, -0.1) is 0 Å². The maximum Gasteiger partial charge on any atom is 0.0639 e. The first-order chi connectivity index (χ1) is 9.43. The third kappa shape index (κ3) is 2.71. The highest BCUT2D eigenvalue weighted by Gasteiger charge is 1.96. The molecule has 0 saturated carbocycles. The number of hydrogen-bond acceptors (Lipinski definition) is 1. The molecule has 19 heavy (non-hydrogen) atoms. The summed E-state index contributed by atoms with van der Waals surface area (Å²) in [6.07, 6.45) is 1.97. The first-order valence-electron chi connectivity index (χ1n) is 6.45. The minimum atomic E-state index is 0.726. The molecule has 0 amide bonds. The lowest BCUT2D eigenvalue weighted by Gasteiger charge is -2.01. The lowest BCUT2D eigenvalue weighted by molar-refractivity contribution is 1.08. The van der Waals surface area contributed by atoms with Crippen molar-refractivity contribution in [3.8, 4) is 0 Å². The smallest absolute Gasteiger partial charge is 0.0639 e. The van der Waals surface area contributed by atoms with Crippen LogP contribution >= 0.6 is 0 Å². The molecular formula is C18H15N. The zero-order valence-electron chi connectivity index (χ0n) is 10.7. The first-order valence-corrected chi connectivity index (χ1v) is 6.45. The van der Waals surface area contributed by atoms with Gasteiger partial charge in [-0.25, -0.2) is 0 Å². The van der Waals surface area contributed by atoms with E-state index in [9.17, 15) is 0 Å². The highest BCUT2D eigenvalue weighted by atomic mass is 14.7. The van der Waals surface area contributed by atoms with Gasteiger partial charge in [0.05, 0.1) is 6.54 Å². The molecule has 3 rings (SSSR count). The zero-order valence-corrected chi connectivity index (χ0v) is 10.7. The standard InChI is InChI=1S/C18H15N/c1-2-7-15(8-3-1)13-19-14-17-11-6-10-16-9-4-5-12-18(16)17/h1-12,14H,13H2. The van der Waals surface area contributed by atoms with Gasteiger partial charge >= 0.3 is 0 Å². The van der Waals surface area contributed by atoms with E-state index in [0.29, 0.717) is 0 Å². The van der Waals surface area contributed by atoms with Gasteiger partial charge in [0, 0.05) is 11.8 Å². The largest absolute Gasteiger partial charge is 0.288 e. The Morgan fingerprint density at radius 3 is 2.37 bits per heavy atom. The van der Waals surface area contributed by atoms with Gasteiger partial charge in [-0.3, -0.25) is 4.99 Å². The van der Waals surface area contributed by atoms with Crippen molar-refractivity contribution in [2.24, 2.45) is 4.99 Å². The van der Waals surface area contributed by atoms with Crippen LogP contribution in [0.3, 0.4) is 0 Å². The van der Waals surface area contributed by atoms with E-state index in [1.54, 1.807) is 0 Å². The van der Waals surface area contributed by atoms with Gasteiger partial charge in [0.15, 0.2) is 0 Å². The van der Waals surface area contributed by atoms with Crippen molar-refractivity contribution in [2.45, 2.75) is 6.54 Å². The van der Waals surface area contributed by atoms with Gasteiger partial charge in [0.2, 0.25) is 0 Å². The minimum Gasteiger partial charge on any atom is -0.288 e. The summed E-state index contributed by atoms with van der Waals surface area (Å²) in [5.41, 5.74) is 2.41. The van der Waals surface area contributed by atoms with E-state index < -0.39 is 0 Å². The Labute approximate surface area is 113 Å². The zero-order chi connectivity index (χ0) is 12.9. The van der Waals surface area contributed by atoms with E-state index in [1.165, 1.54) is 21.9 Å². The Kier molecular flexibility index (Phi) is 3.37. The van der Waals surface area contributed by atoms with E-state index in [1.807, 2.05) is 24.4 Å². The fourth-order valence-electron chi connectivity index (χ4n) is 2.20. The number of fused-ring (bicyclic) bond motifs is 1. The molecule has 0 atom stereocenters. The Morgan fingerprint density at radius 2 is 1.47 bits per heavy atom.